The number of rotatable bonds is 20. The van der Waals surface area contributed by atoms with Gasteiger partial charge in [0, 0.05) is 39.3 Å². The Morgan fingerprint density at radius 1 is 0.474 bits per heavy atom. The first-order valence-corrected chi connectivity index (χ1v) is 15.6. The lowest BCUT2D eigenvalue weighted by molar-refractivity contribution is 0.0434. The Kier molecular flexibility index (Phi) is 15.7. The third kappa shape index (κ3) is 13.9. The number of aliphatic hydroxyl groups is 2. The molecule has 0 amide bonds. The van der Waals surface area contributed by atoms with Crippen molar-refractivity contribution in [3.63, 3.8) is 0 Å². The van der Waals surface area contributed by atoms with Crippen molar-refractivity contribution in [2.24, 2.45) is 0 Å². The molecule has 3 rings (SSSR count). The summed E-state index contributed by atoms with van der Waals surface area (Å²) in [4.78, 5) is 4.81. The third-order valence-electron chi connectivity index (χ3n) is 8.09. The van der Waals surface area contributed by atoms with Crippen molar-refractivity contribution in [1.29, 1.82) is 0 Å². The van der Waals surface area contributed by atoms with Crippen LogP contribution >= 0.6 is 0 Å². The highest BCUT2D eigenvalue weighted by molar-refractivity contribution is 5.15. The quantitative estimate of drug-likeness (QED) is 0.195. The molecule has 2 atom stereocenters. The first kappa shape index (κ1) is 30.8. The maximum Gasteiger partial charge on any atom is 0.0667 e. The molecule has 1 saturated heterocycles. The molecular weight excluding hydrogens is 468 g/mol. The monoisotopic (exact) mass is 522 g/mol. The number of piperazine rings is 1. The fourth-order valence-corrected chi connectivity index (χ4v) is 5.70. The first-order chi connectivity index (χ1) is 18.7. The molecule has 0 aromatic heterocycles. The Morgan fingerprint density at radius 3 is 1.21 bits per heavy atom. The zero-order valence-electron chi connectivity index (χ0n) is 23.9. The second-order valence-electron chi connectivity index (χ2n) is 11.5. The molecule has 1 heterocycles. The van der Waals surface area contributed by atoms with Crippen LogP contribution in [0.5, 0.6) is 0 Å². The smallest absolute Gasteiger partial charge is 0.0667 e. The van der Waals surface area contributed by atoms with Gasteiger partial charge in [0.25, 0.3) is 0 Å². The molecule has 4 nitrogen and oxygen atoms in total. The van der Waals surface area contributed by atoms with Crippen LogP contribution in [0.25, 0.3) is 0 Å². The minimum Gasteiger partial charge on any atom is -0.392 e. The number of unbranched alkanes of at least 4 members (excludes halogenated alkanes) is 8. The first-order valence-electron chi connectivity index (χ1n) is 15.6. The van der Waals surface area contributed by atoms with Crippen LogP contribution in [0, 0.1) is 0 Å². The summed E-state index contributed by atoms with van der Waals surface area (Å²) in [6, 6.07) is 21.5. The van der Waals surface area contributed by atoms with E-state index in [2.05, 4.69) is 70.5 Å². The molecule has 0 bridgehead atoms. The molecule has 2 aromatic rings. The van der Waals surface area contributed by atoms with Crippen molar-refractivity contribution in [2.75, 3.05) is 39.3 Å². The second kappa shape index (κ2) is 19.4. The van der Waals surface area contributed by atoms with Gasteiger partial charge in [-0.3, -0.25) is 9.80 Å². The molecular formula is C34H54N2O2. The lowest BCUT2D eigenvalue weighted by Crippen LogP contribution is -2.50. The van der Waals surface area contributed by atoms with Crippen LogP contribution in [0.15, 0.2) is 60.7 Å². The van der Waals surface area contributed by atoms with E-state index in [1.54, 1.807) is 0 Å². The van der Waals surface area contributed by atoms with Crippen molar-refractivity contribution in [2.45, 2.75) is 102 Å². The van der Waals surface area contributed by atoms with Gasteiger partial charge in [-0.2, -0.15) is 0 Å². The van der Waals surface area contributed by atoms with Gasteiger partial charge < -0.3 is 10.2 Å². The van der Waals surface area contributed by atoms with Crippen LogP contribution in [-0.2, 0) is 12.8 Å². The van der Waals surface area contributed by atoms with Crippen molar-refractivity contribution >= 4 is 0 Å². The van der Waals surface area contributed by atoms with Gasteiger partial charge in [-0.05, 0) is 49.7 Å². The van der Waals surface area contributed by atoms with E-state index in [0.717, 1.165) is 65.0 Å². The average molecular weight is 523 g/mol. The standard InChI is InChI=1S/C34H54N2O2/c37-33(23-15-5-1-3-9-17-31-19-11-7-12-20-31)29-35-25-27-36(28-26-35)30-34(38)24-16-6-2-4-10-18-32-21-13-8-14-22-32/h7-8,11-14,19-22,33-34,37-38H,1-6,9-10,15-18,23-30H2/t33-,34-/m1/s1. The zero-order chi connectivity index (χ0) is 26.7. The van der Waals surface area contributed by atoms with E-state index in [0.29, 0.717) is 0 Å². The van der Waals surface area contributed by atoms with E-state index < -0.39 is 0 Å². The summed E-state index contributed by atoms with van der Waals surface area (Å²) in [5.74, 6) is 0. The van der Waals surface area contributed by atoms with E-state index in [9.17, 15) is 10.2 Å². The fourth-order valence-electron chi connectivity index (χ4n) is 5.70. The van der Waals surface area contributed by atoms with Crippen LogP contribution in [-0.4, -0.2) is 71.5 Å². The van der Waals surface area contributed by atoms with Crippen molar-refractivity contribution in [1.82, 2.24) is 9.80 Å². The highest BCUT2D eigenvalue weighted by Crippen LogP contribution is 2.14. The molecule has 0 spiro atoms. The minimum absolute atomic E-state index is 0.204. The van der Waals surface area contributed by atoms with E-state index in [1.165, 1.54) is 75.3 Å². The van der Waals surface area contributed by atoms with E-state index >= 15 is 0 Å². The van der Waals surface area contributed by atoms with Gasteiger partial charge in [-0.25, -0.2) is 0 Å². The molecule has 1 fully saturated rings. The number of β-amino-alcohol motifs (C(OH)–C–C–N with tert-alkyl or cyclic N) is 2. The molecule has 1 aliphatic heterocycles. The van der Waals surface area contributed by atoms with Crippen LogP contribution in [0.2, 0.25) is 0 Å². The van der Waals surface area contributed by atoms with Crippen molar-refractivity contribution < 1.29 is 10.2 Å². The Hall–Kier alpha value is -1.72. The minimum atomic E-state index is -0.204. The Balaban J connectivity index is 1.11. The number of hydrogen-bond acceptors (Lipinski definition) is 4. The van der Waals surface area contributed by atoms with Crippen LogP contribution in [0.3, 0.4) is 0 Å². The summed E-state index contributed by atoms with van der Waals surface area (Å²) in [5, 5.41) is 21.0. The predicted molar refractivity (Wildman–Crippen MR) is 161 cm³/mol. The highest BCUT2D eigenvalue weighted by atomic mass is 16.3. The summed E-state index contributed by atoms with van der Waals surface area (Å²) >= 11 is 0. The van der Waals surface area contributed by atoms with Crippen LogP contribution < -0.4 is 0 Å². The Bertz CT molecular complexity index is 738. The molecule has 0 aliphatic carbocycles. The normalized spacial score (nSPS) is 16.5. The SMILES string of the molecule is O[C@H](CCCCCCCc1ccccc1)CN1CCN(C[C@H](O)CCCCCCCc2ccccc2)CC1. The largest absolute Gasteiger partial charge is 0.392 e. The predicted octanol–water partition coefficient (Wildman–Crippen LogP) is 6.49. The van der Waals surface area contributed by atoms with E-state index in [1.807, 2.05) is 0 Å². The number of hydrogen-bond donors (Lipinski definition) is 2. The molecule has 38 heavy (non-hydrogen) atoms. The summed E-state index contributed by atoms with van der Waals surface area (Å²) in [6.45, 7) is 5.62. The summed E-state index contributed by atoms with van der Waals surface area (Å²) in [5.41, 5.74) is 2.89. The topological polar surface area (TPSA) is 46.9 Å². The Labute approximate surface area is 233 Å². The van der Waals surface area contributed by atoms with Gasteiger partial charge >= 0.3 is 0 Å². The number of nitrogens with zero attached hydrogens (tertiary/aromatic N) is 2. The van der Waals surface area contributed by atoms with Gasteiger partial charge in [-0.1, -0.05) is 112 Å². The number of aliphatic hydroxyl groups excluding tert-OH is 2. The average Bonchev–Trinajstić information content (AvgIpc) is 2.94. The van der Waals surface area contributed by atoms with Gasteiger partial charge in [0.05, 0.1) is 12.2 Å². The summed E-state index contributed by atoms with van der Waals surface area (Å²) in [7, 11) is 0. The maximum atomic E-state index is 10.5. The lowest BCUT2D eigenvalue weighted by Gasteiger charge is -2.36. The zero-order valence-corrected chi connectivity index (χ0v) is 23.9. The summed E-state index contributed by atoms with van der Waals surface area (Å²) < 4.78 is 0. The highest BCUT2D eigenvalue weighted by Gasteiger charge is 2.20. The van der Waals surface area contributed by atoms with Gasteiger partial charge in [-0.15, -0.1) is 0 Å². The molecule has 2 N–H and O–H groups in total. The third-order valence-corrected chi connectivity index (χ3v) is 8.09. The molecule has 1 aliphatic rings. The summed E-state index contributed by atoms with van der Waals surface area (Å²) in [6.07, 6.45) is 16.2. The molecule has 4 heteroatoms. The number of aryl methyl sites for hydroxylation is 2. The van der Waals surface area contributed by atoms with E-state index in [4.69, 9.17) is 0 Å². The lowest BCUT2D eigenvalue weighted by atomic mass is 10.0. The van der Waals surface area contributed by atoms with Crippen LogP contribution in [0.1, 0.15) is 88.2 Å². The molecule has 0 radical (unpaired) electrons. The second-order valence-corrected chi connectivity index (χ2v) is 11.5. The van der Waals surface area contributed by atoms with Gasteiger partial charge in [0.15, 0.2) is 0 Å². The molecule has 2 aromatic carbocycles. The maximum absolute atomic E-state index is 10.5. The van der Waals surface area contributed by atoms with Gasteiger partial charge in [0.1, 0.15) is 0 Å². The van der Waals surface area contributed by atoms with Gasteiger partial charge in [0.2, 0.25) is 0 Å². The van der Waals surface area contributed by atoms with Crippen molar-refractivity contribution in [3.05, 3.63) is 71.8 Å². The van der Waals surface area contributed by atoms with E-state index in [-0.39, 0.29) is 12.2 Å². The molecule has 212 valence electrons. The van der Waals surface area contributed by atoms with Crippen molar-refractivity contribution in [3.8, 4) is 0 Å². The fraction of sp³-hybridized carbons (Fsp3) is 0.647. The molecule has 0 unspecified atom stereocenters. The van der Waals surface area contributed by atoms with Crippen LogP contribution in [0.4, 0.5) is 0 Å². The number of benzene rings is 2. The molecule has 0 saturated carbocycles. The Morgan fingerprint density at radius 2 is 0.816 bits per heavy atom.